The van der Waals surface area contributed by atoms with Crippen LogP contribution < -0.4 is 15.8 Å². The number of carboxylic acids is 2. The number of hydrogen-bond donors (Lipinski definition) is 4. The van der Waals surface area contributed by atoms with Crippen LogP contribution in [0.4, 0.5) is 0 Å². The van der Waals surface area contributed by atoms with E-state index in [1.165, 1.54) is 24.3 Å². The van der Waals surface area contributed by atoms with Gasteiger partial charge in [0.15, 0.2) is 6.04 Å². The van der Waals surface area contributed by atoms with E-state index < -0.39 is 47.7 Å². The summed E-state index contributed by atoms with van der Waals surface area (Å²) in [7, 11) is 0. The van der Waals surface area contributed by atoms with E-state index in [1.54, 1.807) is 30.3 Å². The Hall–Kier alpha value is -4.25. The van der Waals surface area contributed by atoms with Crippen LogP contribution in [0.2, 0.25) is 0 Å². The molecule has 2 aromatic rings. The van der Waals surface area contributed by atoms with E-state index in [9.17, 15) is 29.1 Å². The minimum Gasteiger partial charge on any atom is -0.494 e. The molecule has 2 aromatic carbocycles. The molecule has 0 aliphatic carbocycles. The van der Waals surface area contributed by atoms with Crippen LogP contribution in [0.15, 0.2) is 54.6 Å². The highest BCUT2D eigenvalue weighted by Crippen LogP contribution is 2.27. The van der Waals surface area contributed by atoms with Crippen molar-refractivity contribution in [1.29, 1.82) is 0 Å². The predicted octanol–water partition coefficient (Wildman–Crippen LogP) is 0.203. The number of Topliss-reactive ketones (excluding diaryl/α,β-unsaturated/α-hetero) is 1. The third kappa shape index (κ3) is 5.56. The van der Waals surface area contributed by atoms with Gasteiger partial charge in [-0.25, -0.2) is 4.79 Å². The van der Waals surface area contributed by atoms with E-state index in [-0.39, 0.29) is 25.1 Å². The van der Waals surface area contributed by atoms with Gasteiger partial charge in [-0.05, 0) is 29.8 Å². The average molecular weight is 469 g/mol. The van der Waals surface area contributed by atoms with Crippen molar-refractivity contribution < 1.29 is 38.9 Å². The molecular weight excluding hydrogens is 446 g/mol. The zero-order chi connectivity index (χ0) is 24.8. The topological polar surface area (TPSA) is 176 Å². The average Bonchev–Trinajstić information content (AvgIpc) is 2.83. The minimum absolute atomic E-state index is 0.0467. The number of benzene rings is 2. The van der Waals surface area contributed by atoms with Gasteiger partial charge in [-0.15, -0.1) is 0 Å². The molecule has 1 aliphatic rings. The lowest BCUT2D eigenvalue weighted by Gasteiger charge is -2.42. The Morgan fingerprint density at radius 2 is 1.68 bits per heavy atom. The molecule has 2 amide bonds. The monoisotopic (exact) mass is 469 g/mol. The first-order valence-corrected chi connectivity index (χ1v) is 10.3. The molecule has 1 aliphatic heterocycles. The summed E-state index contributed by atoms with van der Waals surface area (Å²) in [6, 6.07) is 10.6. The number of amides is 2. The van der Waals surface area contributed by atoms with Crippen LogP contribution in [0.5, 0.6) is 5.75 Å². The van der Waals surface area contributed by atoms with E-state index in [0.29, 0.717) is 11.3 Å². The normalized spacial score (nSPS) is 16.7. The summed E-state index contributed by atoms with van der Waals surface area (Å²) in [6.45, 7) is 0.0107. The van der Waals surface area contributed by atoms with Crippen molar-refractivity contribution in [3.63, 3.8) is 0 Å². The van der Waals surface area contributed by atoms with E-state index in [0.717, 1.165) is 4.90 Å². The van der Waals surface area contributed by atoms with Crippen molar-refractivity contribution in [2.75, 3.05) is 13.2 Å². The maximum Gasteiger partial charge on any atom is 0.331 e. The highest BCUT2D eigenvalue weighted by Gasteiger charge is 2.45. The van der Waals surface area contributed by atoms with E-state index >= 15 is 0 Å². The molecule has 5 N–H and O–H groups in total. The Morgan fingerprint density at radius 1 is 1.03 bits per heavy atom. The van der Waals surface area contributed by atoms with Gasteiger partial charge in [-0.1, -0.05) is 30.3 Å². The summed E-state index contributed by atoms with van der Waals surface area (Å²) in [5.74, 6) is -4.44. The van der Waals surface area contributed by atoms with Crippen molar-refractivity contribution in [3.8, 4) is 5.75 Å². The fourth-order valence-corrected chi connectivity index (χ4v) is 3.37. The largest absolute Gasteiger partial charge is 0.494 e. The Kier molecular flexibility index (Phi) is 7.59. The first-order chi connectivity index (χ1) is 16.2. The predicted molar refractivity (Wildman–Crippen MR) is 117 cm³/mol. The van der Waals surface area contributed by atoms with Crippen LogP contribution >= 0.6 is 0 Å². The van der Waals surface area contributed by atoms with Crippen molar-refractivity contribution >= 4 is 29.5 Å². The number of likely N-dealkylation sites (tertiary alicyclic amines) is 1. The lowest BCUT2D eigenvalue weighted by atomic mass is 9.98. The number of aliphatic carboxylic acids is 2. The highest BCUT2D eigenvalue weighted by atomic mass is 16.5. The van der Waals surface area contributed by atoms with E-state index in [2.05, 4.69) is 5.32 Å². The summed E-state index contributed by atoms with van der Waals surface area (Å²) in [5, 5.41) is 20.6. The molecule has 3 atom stereocenters. The van der Waals surface area contributed by atoms with Gasteiger partial charge in [0.2, 0.25) is 11.7 Å². The van der Waals surface area contributed by atoms with Gasteiger partial charge in [-0.3, -0.25) is 19.2 Å². The molecular formula is C23H23N3O8. The van der Waals surface area contributed by atoms with Gasteiger partial charge >= 0.3 is 11.9 Å². The molecule has 1 saturated heterocycles. The molecule has 0 bridgehead atoms. The van der Waals surface area contributed by atoms with Crippen molar-refractivity contribution in [1.82, 2.24) is 10.2 Å². The van der Waals surface area contributed by atoms with Gasteiger partial charge in [0.1, 0.15) is 17.8 Å². The van der Waals surface area contributed by atoms with Gasteiger partial charge < -0.3 is 30.9 Å². The molecule has 3 rings (SSSR count). The smallest absolute Gasteiger partial charge is 0.331 e. The summed E-state index contributed by atoms with van der Waals surface area (Å²) < 4.78 is 5.36. The van der Waals surface area contributed by atoms with E-state index in [4.69, 9.17) is 15.6 Å². The molecule has 11 nitrogen and oxygen atoms in total. The fourth-order valence-electron chi connectivity index (χ4n) is 3.37. The number of ketones is 1. The third-order valence-corrected chi connectivity index (χ3v) is 5.26. The number of β-lactam (4-membered cyclic amide) rings is 1. The second kappa shape index (κ2) is 10.6. The molecule has 1 fully saturated rings. The maximum atomic E-state index is 12.5. The number of carbonyl (C=O) groups excluding carboxylic acids is 3. The van der Waals surface area contributed by atoms with Crippen molar-refractivity contribution in [3.05, 3.63) is 65.7 Å². The molecule has 34 heavy (non-hydrogen) atoms. The minimum atomic E-state index is -1.20. The molecule has 1 heterocycles. The second-order valence-corrected chi connectivity index (χ2v) is 7.60. The number of rotatable bonds is 11. The molecule has 3 unspecified atom stereocenters. The van der Waals surface area contributed by atoms with Gasteiger partial charge in [0.05, 0.1) is 13.2 Å². The number of nitrogens with one attached hydrogen (secondary N) is 1. The summed E-state index contributed by atoms with van der Waals surface area (Å²) in [6.07, 6.45) is 0.0951. The van der Waals surface area contributed by atoms with Gasteiger partial charge in [0, 0.05) is 12.0 Å². The standard InChI is InChI=1S/C23H23N3O8/c24-16(22(30)31)10-11-34-15-8-6-14(7-9-15)19(27)20(28)25-17-12-26(21(17)29)18(23(32)33)13-4-2-1-3-5-13/h1-9,16-18H,10-12,24H2,(H,25,28)(H,30,31)(H,32,33). The van der Waals surface area contributed by atoms with Gasteiger partial charge in [0.25, 0.3) is 5.91 Å². The zero-order valence-electron chi connectivity index (χ0n) is 17.9. The number of hydrogen-bond acceptors (Lipinski definition) is 7. The Morgan fingerprint density at radius 3 is 2.24 bits per heavy atom. The van der Waals surface area contributed by atoms with E-state index in [1.807, 2.05) is 0 Å². The van der Waals surface area contributed by atoms with Crippen molar-refractivity contribution in [2.24, 2.45) is 5.73 Å². The number of carbonyl (C=O) groups is 5. The molecule has 178 valence electrons. The number of ether oxygens (including phenoxy) is 1. The first-order valence-electron chi connectivity index (χ1n) is 10.3. The third-order valence-electron chi connectivity index (χ3n) is 5.26. The van der Waals surface area contributed by atoms with Crippen LogP contribution in [-0.2, 0) is 19.2 Å². The quantitative estimate of drug-likeness (QED) is 0.203. The molecule has 0 saturated carbocycles. The van der Waals surface area contributed by atoms with Crippen LogP contribution in [0.3, 0.4) is 0 Å². The Balaban J connectivity index is 1.53. The number of nitrogens with zero attached hydrogens (tertiary/aromatic N) is 1. The highest BCUT2D eigenvalue weighted by molar-refractivity contribution is 6.43. The number of nitrogens with two attached hydrogens (primary N) is 1. The summed E-state index contributed by atoms with van der Waals surface area (Å²) >= 11 is 0. The number of carboxylic acid groups (broad SMARTS) is 2. The van der Waals surface area contributed by atoms with Gasteiger partial charge in [-0.2, -0.15) is 0 Å². The fraction of sp³-hybridized carbons (Fsp3) is 0.261. The Labute approximate surface area is 194 Å². The lowest BCUT2D eigenvalue weighted by Crippen LogP contribution is -2.66. The van der Waals surface area contributed by atoms with Crippen LogP contribution in [0, 0.1) is 0 Å². The van der Waals surface area contributed by atoms with Crippen molar-refractivity contribution in [2.45, 2.75) is 24.5 Å². The molecule has 0 spiro atoms. The van der Waals surface area contributed by atoms with Crippen LogP contribution in [0.25, 0.3) is 0 Å². The van der Waals surface area contributed by atoms with Crippen LogP contribution in [-0.4, -0.2) is 69.9 Å². The molecule has 11 heteroatoms. The first kappa shape index (κ1) is 24.4. The summed E-state index contributed by atoms with van der Waals surface area (Å²) in [5.41, 5.74) is 5.87. The lowest BCUT2D eigenvalue weighted by molar-refractivity contribution is -0.160. The molecule has 0 radical (unpaired) electrons. The summed E-state index contributed by atoms with van der Waals surface area (Å²) in [4.78, 5) is 60.7. The molecule has 0 aromatic heterocycles. The zero-order valence-corrected chi connectivity index (χ0v) is 17.9. The Bertz CT molecular complexity index is 1090. The van der Waals surface area contributed by atoms with Crippen LogP contribution in [0.1, 0.15) is 28.4 Å². The second-order valence-electron chi connectivity index (χ2n) is 7.60. The maximum absolute atomic E-state index is 12.5. The SMILES string of the molecule is NC(CCOc1ccc(C(=O)C(=O)NC2CN(C(C(=O)O)c3ccccc3)C2=O)cc1)C(=O)O.